The minimum Gasteiger partial charge on any atom is -0.349 e. The molecule has 176 valence electrons. The topological polar surface area (TPSA) is 67.2 Å². The second-order valence-corrected chi connectivity index (χ2v) is 8.85. The van der Waals surface area contributed by atoms with Crippen LogP contribution in [0.1, 0.15) is 39.1 Å². The van der Waals surface area contributed by atoms with Crippen LogP contribution in [0.4, 0.5) is 0 Å². The van der Waals surface area contributed by atoms with Gasteiger partial charge in [0.05, 0.1) is 6.54 Å². The fourth-order valence-corrected chi connectivity index (χ4v) is 4.55. The molecular formula is C29H28N4O2. The first-order valence-electron chi connectivity index (χ1n) is 12.0. The molecule has 0 unspecified atom stereocenters. The van der Waals surface area contributed by atoms with E-state index in [9.17, 15) is 9.59 Å². The number of aromatic nitrogens is 2. The average molecular weight is 465 g/mol. The summed E-state index contributed by atoms with van der Waals surface area (Å²) in [5.74, 6) is -0.0224. The van der Waals surface area contributed by atoms with Crippen LogP contribution in [0.3, 0.4) is 0 Å². The molecule has 6 heteroatoms. The van der Waals surface area contributed by atoms with Crippen LogP contribution in [0.5, 0.6) is 0 Å². The number of carbonyl (C=O) groups excluding carboxylic acids is 2. The van der Waals surface area contributed by atoms with E-state index in [1.54, 1.807) is 6.20 Å². The van der Waals surface area contributed by atoms with E-state index < -0.39 is 0 Å². The zero-order valence-electron chi connectivity index (χ0n) is 19.5. The summed E-state index contributed by atoms with van der Waals surface area (Å²) in [5, 5.41) is 7.37. The first kappa shape index (κ1) is 22.6. The number of carbonyl (C=O) groups is 2. The molecule has 2 heterocycles. The fraction of sp³-hybridized carbons (Fsp3) is 0.207. The number of hydrogen-bond acceptors (Lipinski definition) is 3. The Morgan fingerprint density at radius 2 is 1.57 bits per heavy atom. The number of nitrogens with zero attached hydrogens (tertiary/aromatic N) is 3. The van der Waals surface area contributed by atoms with Crippen LogP contribution in [0, 0.1) is 0 Å². The third-order valence-corrected chi connectivity index (χ3v) is 6.48. The van der Waals surface area contributed by atoms with E-state index in [0.717, 1.165) is 29.5 Å². The number of hydrogen-bond donors (Lipinski definition) is 1. The number of piperidine rings is 1. The summed E-state index contributed by atoms with van der Waals surface area (Å²) in [6.07, 6.45) is 5.21. The van der Waals surface area contributed by atoms with Crippen LogP contribution in [-0.2, 0) is 6.54 Å². The summed E-state index contributed by atoms with van der Waals surface area (Å²) in [6.45, 7) is 1.95. The van der Waals surface area contributed by atoms with Gasteiger partial charge in [0.15, 0.2) is 0 Å². The van der Waals surface area contributed by atoms with Gasteiger partial charge >= 0.3 is 0 Å². The van der Waals surface area contributed by atoms with Crippen LogP contribution in [-0.4, -0.2) is 45.6 Å². The lowest BCUT2D eigenvalue weighted by Gasteiger charge is -2.33. The Morgan fingerprint density at radius 1 is 0.857 bits per heavy atom. The second-order valence-electron chi connectivity index (χ2n) is 8.85. The molecular weight excluding hydrogens is 436 g/mol. The molecule has 35 heavy (non-hydrogen) atoms. The predicted molar refractivity (Wildman–Crippen MR) is 136 cm³/mol. The van der Waals surface area contributed by atoms with E-state index in [4.69, 9.17) is 0 Å². The van der Waals surface area contributed by atoms with Gasteiger partial charge in [0.2, 0.25) is 0 Å². The van der Waals surface area contributed by atoms with Crippen molar-refractivity contribution in [2.45, 2.75) is 25.4 Å². The molecule has 2 amide bonds. The van der Waals surface area contributed by atoms with E-state index in [1.807, 2.05) is 76.4 Å². The highest BCUT2D eigenvalue weighted by Crippen LogP contribution is 2.26. The lowest BCUT2D eigenvalue weighted by atomic mass is 9.96. The van der Waals surface area contributed by atoms with E-state index in [2.05, 4.69) is 34.7 Å². The maximum atomic E-state index is 13.4. The van der Waals surface area contributed by atoms with E-state index in [1.165, 1.54) is 0 Å². The van der Waals surface area contributed by atoms with Gasteiger partial charge in [0.25, 0.3) is 11.8 Å². The number of nitrogens with one attached hydrogen (secondary N) is 1. The molecule has 0 spiro atoms. The van der Waals surface area contributed by atoms with Gasteiger partial charge in [-0.2, -0.15) is 5.10 Å². The normalized spacial score (nSPS) is 14.0. The van der Waals surface area contributed by atoms with Crippen molar-refractivity contribution < 1.29 is 9.59 Å². The molecule has 0 atom stereocenters. The van der Waals surface area contributed by atoms with Crippen LogP contribution in [0.15, 0.2) is 97.3 Å². The standard InChI is InChI=1S/C29H28N4O2/c34-28(24-7-2-1-3-8-24)31-25-15-19-32(20-16-25)29(35)27-10-5-4-9-26(27)23-13-11-22(12-14-23)21-33-18-6-17-30-33/h1-14,17-18,25H,15-16,19-21H2,(H,31,34). The molecule has 1 fully saturated rings. The SMILES string of the molecule is O=C(NC1CCN(C(=O)c2ccccc2-c2ccc(Cn3cccn3)cc2)CC1)c1ccccc1. The van der Waals surface area contributed by atoms with Gasteiger partial charge in [-0.1, -0.05) is 60.7 Å². The fourth-order valence-electron chi connectivity index (χ4n) is 4.55. The molecule has 5 rings (SSSR count). The van der Waals surface area contributed by atoms with Gasteiger partial charge < -0.3 is 10.2 Å². The maximum absolute atomic E-state index is 13.4. The van der Waals surface area contributed by atoms with E-state index >= 15 is 0 Å². The van der Waals surface area contributed by atoms with E-state index in [-0.39, 0.29) is 17.9 Å². The number of benzene rings is 3. The molecule has 0 bridgehead atoms. The molecule has 1 aromatic heterocycles. The maximum Gasteiger partial charge on any atom is 0.254 e. The quantitative estimate of drug-likeness (QED) is 0.452. The Hall–Kier alpha value is -4.19. The molecule has 3 aromatic carbocycles. The van der Waals surface area contributed by atoms with Crippen molar-refractivity contribution in [2.24, 2.45) is 0 Å². The number of likely N-dealkylation sites (tertiary alicyclic amines) is 1. The lowest BCUT2D eigenvalue weighted by molar-refractivity contribution is 0.0699. The first-order valence-corrected chi connectivity index (χ1v) is 12.0. The highest BCUT2D eigenvalue weighted by Gasteiger charge is 2.26. The van der Waals surface area contributed by atoms with Gasteiger partial charge in [-0.25, -0.2) is 0 Å². The van der Waals surface area contributed by atoms with Gasteiger partial charge in [0, 0.05) is 42.7 Å². The number of rotatable bonds is 6. The molecule has 1 N–H and O–H groups in total. The van der Waals surface area contributed by atoms with Crippen LogP contribution in [0.2, 0.25) is 0 Å². The third kappa shape index (κ3) is 5.32. The molecule has 0 saturated carbocycles. The summed E-state index contributed by atoms with van der Waals surface area (Å²) in [4.78, 5) is 27.8. The summed E-state index contributed by atoms with van der Waals surface area (Å²) < 4.78 is 1.89. The van der Waals surface area contributed by atoms with Gasteiger partial charge in [-0.05, 0) is 53.8 Å². The minimum atomic E-state index is -0.0586. The van der Waals surface area contributed by atoms with Gasteiger partial charge in [-0.3, -0.25) is 14.3 Å². The largest absolute Gasteiger partial charge is 0.349 e. The molecule has 1 aliphatic heterocycles. The summed E-state index contributed by atoms with van der Waals surface area (Å²) >= 11 is 0. The van der Waals surface area contributed by atoms with Gasteiger partial charge in [0.1, 0.15) is 0 Å². The summed E-state index contributed by atoms with van der Waals surface area (Å²) in [7, 11) is 0. The zero-order valence-corrected chi connectivity index (χ0v) is 19.5. The van der Waals surface area contributed by atoms with Crippen molar-refractivity contribution in [3.05, 3.63) is 114 Å². The Bertz CT molecular complexity index is 1280. The Labute approximate surface area is 205 Å². The number of amides is 2. The first-order chi connectivity index (χ1) is 17.2. The Balaban J connectivity index is 1.23. The van der Waals surface area contributed by atoms with Crippen molar-refractivity contribution in [3.63, 3.8) is 0 Å². The minimum absolute atomic E-state index is 0.0362. The Kier molecular flexibility index (Phi) is 6.70. The van der Waals surface area contributed by atoms with Crippen LogP contribution < -0.4 is 5.32 Å². The van der Waals surface area contributed by atoms with Crippen molar-refractivity contribution >= 4 is 11.8 Å². The summed E-state index contributed by atoms with van der Waals surface area (Å²) in [6, 6.07) is 27.3. The van der Waals surface area contributed by atoms with E-state index in [0.29, 0.717) is 30.8 Å². The van der Waals surface area contributed by atoms with Gasteiger partial charge in [-0.15, -0.1) is 0 Å². The molecule has 0 radical (unpaired) electrons. The van der Waals surface area contributed by atoms with Crippen LogP contribution >= 0.6 is 0 Å². The van der Waals surface area contributed by atoms with Crippen molar-refractivity contribution in [3.8, 4) is 11.1 Å². The molecule has 1 aliphatic rings. The summed E-state index contributed by atoms with van der Waals surface area (Å²) in [5.41, 5.74) is 4.47. The molecule has 0 aliphatic carbocycles. The lowest BCUT2D eigenvalue weighted by Crippen LogP contribution is -2.46. The molecule has 1 saturated heterocycles. The second kappa shape index (κ2) is 10.4. The smallest absolute Gasteiger partial charge is 0.254 e. The Morgan fingerprint density at radius 3 is 2.29 bits per heavy atom. The molecule has 6 nitrogen and oxygen atoms in total. The highest BCUT2D eigenvalue weighted by molar-refractivity contribution is 6.01. The van der Waals surface area contributed by atoms with Crippen LogP contribution in [0.25, 0.3) is 11.1 Å². The van der Waals surface area contributed by atoms with Crippen molar-refractivity contribution in [1.29, 1.82) is 0 Å². The average Bonchev–Trinajstić information content (AvgIpc) is 3.43. The van der Waals surface area contributed by atoms with Crippen molar-refractivity contribution in [2.75, 3.05) is 13.1 Å². The zero-order chi connectivity index (χ0) is 24.0. The third-order valence-electron chi connectivity index (χ3n) is 6.48. The monoisotopic (exact) mass is 464 g/mol. The van der Waals surface area contributed by atoms with Crippen molar-refractivity contribution in [1.82, 2.24) is 20.0 Å². The predicted octanol–water partition coefficient (Wildman–Crippen LogP) is 4.63. The highest BCUT2D eigenvalue weighted by atomic mass is 16.2. The molecule has 4 aromatic rings.